The number of alkyl halides is 3. The smallest absolute Gasteiger partial charge is 0.405 e. The van der Waals surface area contributed by atoms with Crippen molar-refractivity contribution < 1.29 is 31.1 Å². The van der Waals surface area contributed by atoms with Gasteiger partial charge >= 0.3 is 12.1 Å². The maximum atomic E-state index is 12.7. The summed E-state index contributed by atoms with van der Waals surface area (Å²) in [4.78, 5) is 14.5. The Balaban J connectivity index is 2.44. The molecule has 0 aromatic heterocycles. The predicted molar refractivity (Wildman–Crippen MR) is 62.1 cm³/mol. The van der Waals surface area contributed by atoms with Crippen LogP contribution < -0.4 is 4.72 Å². The number of allylic oxidation sites excluding steroid dienone is 1. The maximum absolute atomic E-state index is 12.7. The first-order chi connectivity index (χ1) is 9.16. The van der Waals surface area contributed by atoms with Crippen LogP contribution in [0.25, 0.3) is 0 Å². The number of carbonyl (C=O) groups is 1. The largest absolute Gasteiger partial charge is 0.464 e. The van der Waals surface area contributed by atoms with Crippen LogP contribution in [0.3, 0.4) is 0 Å². The van der Waals surface area contributed by atoms with Gasteiger partial charge in [0.25, 0.3) is 0 Å². The van der Waals surface area contributed by atoms with E-state index in [9.17, 15) is 26.4 Å². The Morgan fingerprint density at radius 2 is 2.15 bits per heavy atom. The van der Waals surface area contributed by atoms with Gasteiger partial charge in [0.2, 0.25) is 10.0 Å². The average Bonchev–Trinajstić information content (AvgIpc) is 2.71. The summed E-state index contributed by atoms with van der Waals surface area (Å²) in [5.41, 5.74) is -0.494. The summed E-state index contributed by atoms with van der Waals surface area (Å²) < 4.78 is 67.6. The van der Waals surface area contributed by atoms with Crippen molar-refractivity contribution in [2.24, 2.45) is 4.99 Å². The van der Waals surface area contributed by atoms with E-state index in [4.69, 9.17) is 0 Å². The molecule has 110 valence electrons. The number of esters is 1. The second kappa shape index (κ2) is 4.70. The standard InChI is InChI=1S/C10H9F3N2O4S/c1-19-9(16)8-5-2-3-7(10(11,12)13)15-20(17,18)6(5)4-14-8/h2,4,7,15H,3H2,1H3. The number of hydrogen-bond donors (Lipinski definition) is 1. The minimum absolute atomic E-state index is 0.170. The molecular formula is C10H9F3N2O4S. The summed E-state index contributed by atoms with van der Waals surface area (Å²) in [6.45, 7) is 0. The zero-order valence-electron chi connectivity index (χ0n) is 10.1. The molecule has 1 N–H and O–H groups in total. The molecule has 0 amide bonds. The monoisotopic (exact) mass is 310 g/mol. The third-order valence-electron chi connectivity index (χ3n) is 2.75. The first-order valence-electron chi connectivity index (χ1n) is 5.33. The van der Waals surface area contributed by atoms with Crippen molar-refractivity contribution in [1.29, 1.82) is 0 Å². The fourth-order valence-corrected chi connectivity index (χ4v) is 3.18. The summed E-state index contributed by atoms with van der Waals surface area (Å²) in [7, 11) is -3.34. The minimum Gasteiger partial charge on any atom is -0.464 e. The van der Waals surface area contributed by atoms with Crippen molar-refractivity contribution in [2.45, 2.75) is 18.6 Å². The van der Waals surface area contributed by atoms with Crippen molar-refractivity contribution in [3.05, 3.63) is 22.8 Å². The Hall–Kier alpha value is -1.68. The fourth-order valence-electron chi connectivity index (χ4n) is 1.78. The van der Waals surface area contributed by atoms with Crippen LogP contribution in [0.15, 0.2) is 27.7 Å². The number of carbonyl (C=O) groups excluding carboxylic acids is 1. The number of fused-ring (bicyclic) bond motifs is 1. The molecule has 0 radical (unpaired) electrons. The van der Waals surface area contributed by atoms with E-state index in [0.717, 1.165) is 19.4 Å². The molecule has 20 heavy (non-hydrogen) atoms. The van der Waals surface area contributed by atoms with Gasteiger partial charge in [0.05, 0.1) is 7.11 Å². The van der Waals surface area contributed by atoms with E-state index in [2.05, 4.69) is 9.73 Å². The second-order valence-corrected chi connectivity index (χ2v) is 5.71. The molecule has 1 unspecified atom stereocenters. The molecule has 2 aliphatic heterocycles. The summed E-state index contributed by atoms with van der Waals surface area (Å²) >= 11 is 0. The van der Waals surface area contributed by atoms with E-state index in [1.807, 2.05) is 0 Å². The van der Waals surface area contributed by atoms with Gasteiger partial charge in [-0.1, -0.05) is 6.08 Å². The van der Waals surface area contributed by atoms with Gasteiger partial charge in [-0.15, -0.1) is 0 Å². The lowest BCUT2D eigenvalue weighted by molar-refractivity contribution is -0.150. The van der Waals surface area contributed by atoms with E-state index in [-0.39, 0.29) is 11.3 Å². The number of ether oxygens (including phenoxy) is 1. The maximum Gasteiger partial charge on any atom is 0.405 e. The van der Waals surface area contributed by atoms with Crippen LogP contribution in [0.1, 0.15) is 6.42 Å². The first kappa shape index (κ1) is 14.7. The van der Waals surface area contributed by atoms with Crippen molar-refractivity contribution in [1.82, 2.24) is 4.72 Å². The Bertz CT molecular complexity index is 646. The molecular weight excluding hydrogens is 301 g/mol. The number of sulfonamides is 1. The van der Waals surface area contributed by atoms with E-state index < -0.39 is 39.5 Å². The minimum atomic E-state index is -4.73. The van der Waals surface area contributed by atoms with Crippen LogP contribution in [0.4, 0.5) is 13.2 Å². The number of methoxy groups -OCH3 is 1. The zero-order valence-corrected chi connectivity index (χ0v) is 10.9. The van der Waals surface area contributed by atoms with Crippen molar-refractivity contribution >= 4 is 21.7 Å². The molecule has 0 aromatic carbocycles. The highest BCUT2D eigenvalue weighted by atomic mass is 32.2. The highest BCUT2D eigenvalue weighted by molar-refractivity contribution is 7.93. The van der Waals surface area contributed by atoms with Gasteiger partial charge in [0.1, 0.15) is 10.9 Å². The Kier molecular flexibility index (Phi) is 3.46. The van der Waals surface area contributed by atoms with Crippen molar-refractivity contribution in [3.8, 4) is 0 Å². The Morgan fingerprint density at radius 1 is 1.50 bits per heavy atom. The molecule has 0 aromatic rings. The van der Waals surface area contributed by atoms with E-state index >= 15 is 0 Å². The van der Waals surface area contributed by atoms with Crippen molar-refractivity contribution in [2.75, 3.05) is 7.11 Å². The van der Waals surface area contributed by atoms with Crippen LogP contribution in [0.5, 0.6) is 0 Å². The number of nitrogens with zero attached hydrogens (tertiary/aromatic N) is 1. The molecule has 0 saturated heterocycles. The molecule has 10 heteroatoms. The number of nitrogens with one attached hydrogen (secondary N) is 1. The van der Waals surface area contributed by atoms with Gasteiger partial charge in [0, 0.05) is 11.8 Å². The average molecular weight is 310 g/mol. The summed E-state index contributed by atoms with van der Waals surface area (Å²) in [5, 5.41) is 0. The van der Waals surface area contributed by atoms with Crippen LogP contribution in [0.2, 0.25) is 0 Å². The van der Waals surface area contributed by atoms with E-state index in [0.29, 0.717) is 0 Å². The topological polar surface area (TPSA) is 84.8 Å². The highest BCUT2D eigenvalue weighted by Gasteiger charge is 2.45. The molecule has 0 bridgehead atoms. The van der Waals surface area contributed by atoms with Crippen LogP contribution in [-0.2, 0) is 19.6 Å². The van der Waals surface area contributed by atoms with E-state index in [1.165, 1.54) is 0 Å². The molecule has 2 aliphatic rings. The summed E-state index contributed by atoms with van der Waals surface area (Å²) in [6.07, 6.45) is -3.51. The van der Waals surface area contributed by atoms with Gasteiger partial charge in [-0.2, -0.15) is 17.9 Å². The van der Waals surface area contributed by atoms with Gasteiger partial charge < -0.3 is 4.74 Å². The molecule has 6 nitrogen and oxygen atoms in total. The number of halogens is 3. The fraction of sp³-hybridized carbons (Fsp3) is 0.400. The molecule has 2 rings (SSSR count). The lowest BCUT2D eigenvalue weighted by Gasteiger charge is -2.18. The third-order valence-corrected chi connectivity index (χ3v) is 4.25. The summed E-state index contributed by atoms with van der Waals surface area (Å²) in [6, 6.07) is -2.25. The first-order valence-corrected chi connectivity index (χ1v) is 6.81. The predicted octanol–water partition coefficient (Wildman–Crippen LogP) is 0.636. The summed E-state index contributed by atoms with van der Waals surface area (Å²) in [5.74, 6) is -0.914. The molecule has 1 atom stereocenters. The van der Waals surface area contributed by atoms with Gasteiger partial charge in [0.15, 0.2) is 5.71 Å². The van der Waals surface area contributed by atoms with Crippen LogP contribution >= 0.6 is 0 Å². The quantitative estimate of drug-likeness (QED) is 0.720. The van der Waals surface area contributed by atoms with Gasteiger partial charge in [-0.3, -0.25) is 0 Å². The lowest BCUT2D eigenvalue weighted by Crippen LogP contribution is -2.44. The zero-order chi connectivity index (χ0) is 15.1. The number of rotatable bonds is 1. The Labute approximate surface area is 112 Å². The number of hydrogen-bond acceptors (Lipinski definition) is 5. The third kappa shape index (κ3) is 2.48. The molecule has 0 fully saturated rings. The normalized spacial score (nSPS) is 25.0. The second-order valence-electron chi connectivity index (χ2n) is 4.03. The highest BCUT2D eigenvalue weighted by Crippen LogP contribution is 2.32. The van der Waals surface area contributed by atoms with Gasteiger partial charge in [-0.25, -0.2) is 18.2 Å². The number of aliphatic imine (C=N–C) groups is 1. The molecule has 0 saturated carbocycles. The SMILES string of the molecule is COC(=O)C1=NC=C2C1=CCC(C(F)(F)F)NS2(=O)=O. The van der Waals surface area contributed by atoms with E-state index in [1.54, 1.807) is 4.72 Å². The van der Waals surface area contributed by atoms with Crippen molar-refractivity contribution in [3.63, 3.8) is 0 Å². The molecule has 0 spiro atoms. The lowest BCUT2D eigenvalue weighted by atomic mass is 10.1. The molecule has 2 heterocycles. The van der Waals surface area contributed by atoms with Crippen LogP contribution in [-0.4, -0.2) is 39.4 Å². The Morgan fingerprint density at radius 3 is 2.70 bits per heavy atom. The van der Waals surface area contributed by atoms with Gasteiger partial charge in [-0.05, 0) is 6.42 Å². The van der Waals surface area contributed by atoms with Crippen LogP contribution in [0, 0.1) is 0 Å². The molecule has 0 aliphatic carbocycles.